The Hall–Kier alpha value is -0.120. The minimum absolute atomic E-state index is 0. The number of rotatable bonds is 11. The summed E-state index contributed by atoms with van der Waals surface area (Å²) in [5.74, 6) is 1.66. The van der Waals surface area contributed by atoms with Gasteiger partial charge in [-0.25, -0.2) is 0 Å². The van der Waals surface area contributed by atoms with Gasteiger partial charge in [0.15, 0.2) is 5.96 Å². The molecule has 28 heavy (non-hydrogen) atoms. The van der Waals surface area contributed by atoms with Crippen molar-refractivity contribution in [1.29, 1.82) is 0 Å². The quantitative estimate of drug-likeness (QED) is 0.194. The molecule has 1 atom stereocenters. The zero-order valence-corrected chi connectivity index (χ0v) is 20.7. The Balaban J connectivity index is 0.00000392. The van der Waals surface area contributed by atoms with Gasteiger partial charge in [0.2, 0.25) is 0 Å². The Bertz CT molecular complexity index is 408. The first-order valence-electron chi connectivity index (χ1n) is 11.3. The number of aliphatic imine (C=N–C) groups is 1. The second-order valence-electron chi connectivity index (χ2n) is 7.93. The Morgan fingerprint density at radius 1 is 1.00 bits per heavy atom. The second kappa shape index (κ2) is 15.7. The molecule has 2 fully saturated rings. The van der Waals surface area contributed by atoms with E-state index in [1.807, 2.05) is 7.05 Å². The molecule has 0 aliphatic carbocycles. The number of halogens is 1. The van der Waals surface area contributed by atoms with E-state index in [2.05, 4.69) is 39.3 Å². The lowest BCUT2D eigenvalue weighted by molar-refractivity contribution is 0.00272. The maximum absolute atomic E-state index is 5.55. The summed E-state index contributed by atoms with van der Waals surface area (Å²) in [5, 5.41) is 7.10. The summed E-state index contributed by atoms with van der Waals surface area (Å²) in [6, 6.07) is 0.553. The van der Waals surface area contributed by atoms with Gasteiger partial charge >= 0.3 is 0 Å². The first-order valence-corrected chi connectivity index (χ1v) is 11.3. The molecule has 2 aliphatic rings. The van der Waals surface area contributed by atoms with Crippen molar-refractivity contribution in [2.75, 3.05) is 66.1 Å². The number of unbranched alkanes of at least 4 members (excludes halogenated alkanes) is 1. The van der Waals surface area contributed by atoms with Crippen LogP contribution in [0.15, 0.2) is 4.99 Å². The predicted octanol–water partition coefficient (Wildman–Crippen LogP) is 2.78. The molecule has 0 saturated carbocycles. The van der Waals surface area contributed by atoms with Crippen LogP contribution < -0.4 is 10.6 Å². The monoisotopic (exact) mass is 509 g/mol. The fraction of sp³-hybridized carbons (Fsp3) is 0.952. The lowest BCUT2D eigenvalue weighted by Gasteiger charge is -2.39. The van der Waals surface area contributed by atoms with E-state index in [0.717, 1.165) is 45.4 Å². The van der Waals surface area contributed by atoms with Gasteiger partial charge in [0.1, 0.15) is 0 Å². The SMILES string of the molecule is CCC(CC)C(CNC(=NC)NCCCCN1CCCC1)N1CCOCC1.I. The third-order valence-corrected chi connectivity index (χ3v) is 6.20. The molecule has 0 bridgehead atoms. The maximum Gasteiger partial charge on any atom is 0.191 e. The molecule has 2 aliphatic heterocycles. The summed E-state index contributed by atoms with van der Waals surface area (Å²) in [4.78, 5) is 9.63. The van der Waals surface area contributed by atoms with E-state index in [1.54, 1.807) is 0 Å². The highest BCUT2D eigenvalue weighted by Gasteiger charge is 2.26. The molecule has 0 amide bonds. The smallest absolute Gasteiger partial charge is 0.191 e. The van der Waals surface area contributed by atoms with Crippen LogP contribution in [0.2, 0.25) is 0 Å². The minimum Gasteiger partial charge on any atom is -0.379 e. The van der Waals surface area contributed by atoms with Gasteiger partial charge in [0, 0.05) is 39.3 Å². The maximum atomic E-state index is 5.55. The van der Waals surface area contributed by atoms with Gasteiger partial charge in [0.25, 0.3) is 0 Å². The second-order valence-corrected chi connectivity index (χ2v) is 7.93. The lowest BCUT2D eigenvalue weighted by atomic mass is 9.92. The van der Waals surface area contributed by atoms with Gasteiger partial charge in [-0.2, -0.15) is 0 Å². The fourth-order valence-electron chi connectivity index (χ4n) is 4.43. The Kier molecular flexibility index (Phi) is 14.5. The first-order chi connectivity index (χ1) is 13.3. The molecule has 0 aromatic carbocycles. The standard InChI is InChI=1S/C21H43N5O.HI/c1-4-19(5-2)20(26-14-16-27-17-15-26)18-24-21(22-3)23-10-6-7-11-25-12-8-9-13-25;/h19-20H,4-18H2,1-3H3,(H2,22,23,24);1H. The van der Waals surface area contributed by atoms with Crippen LogP contribution in [0.1, 0.15) is 52.4 Å². The number of hydrogen-bond acceptors (Lipinski definition) is 4. The predicted molar refractivity (Wildman–Crippen MR) is 130 cm³/mol. The van der Waals surface area contributed by atoms with Crippen molar-refractivity contribution in [3.63, 3.8) is 0 Å². The molecule has 2 saturated heterocycles. The largest absolute Gasteiger partial charge is 0.379 e. The number of ether oxygens (including phenoxy) is 1. The summed E-state index contributed by atoms with van der Waals surface area (Å²) in [7, 11) is 1.88. The fourth-order valence-corrected chi connectivity index (χ4v) is 4.43. The van der Waals surface area contributed by atoms with E-state index >= 15 is 0 Å². The Labute approximate surface area is 190 Å². The number of nitrogens with one attached hydrogen (secondary N) is 2. The molecule has 0 radical (unpaired) electrons. The van der Waals surface area contributed by atoms with E-state index in [-0.39, 0.29) is 24.0 Å². The van der Waals surface area contributed by atoms with E-state index < -0.39 is 0 Å². The summed E-state index contributed by atoms with van der Waals surface area (Å²) in [5.41, 5.74) is 0. The number of hydrogen-bond donors (Lipinski definition) is 2. The molecule has 2 heterocycles. The van der Waals surface area contributed by atoms with Crippen molar-refractivity contribution in [3.8, 4) is 0 Å². The van der Waals surface area contributed by atoms with Gasteiger partial charge in [-0.3, -0.25) is 9.89 Å². The highest BCUT2D eigenvalue weighted by atomic mass is 127. The van der Waals surface area contributed by atoms with E-state index in [4.69, 9.17) is 4.74 Å². The highest BCUT2D eigenvalue weighted by molar-refractivity contribution is 14.0. The number of morpholine rings is 1. The zero-order chi connectivity index (χ0) is 19.3. The Morgan fingerprint density at radius 3 is 2.29 bits per heavy atom. The molecular formula is C21H44IN5O. The van der Waals surface area contributed by atoms with Crippen LogP contribution in [0.4, 0.5) is 0 Å². The molecule has 0 spiro atoms. The van der Waals surface area contributed by atoms with Crippen LogP contribution in [0.5, 0.6) is 0 Å². The van der Waals surface area contributed by atoms with Crippen molar-refractivity contribution in [2.45, 2.75) is 58.4 Å². The van der Waals surface area contributed by atoms with E-state index in [9.17, 15) is 0 Å². The van der Waals surface area contributed by atoms with Crippen molar-refractivity contribution in [2.24, 2.45) is 10.9 Å². The van der Waals surface area contributed by atoms with Crippen molar-refractivity contribution in [1.82, 2.24) is 20.4 Å². The van der Waals surface area contributed by atoms with Crippen LogP contribution in [0.3, 0.4) is 0 Å². The Morgan fingerprint density at radius 2 is 1.68 bits per heavy atom. The third kappa shape index (κ3) is 9.13. The number of nitrogens with zero attached hydrogens (tertiary/aromatic N) is 3. The molecule has 0 aromatic rings. The van der Waals surface area contributed by atoms with Crippen LogP contribution in [-0.2, 0) is 4.74 Å². The average molecular weight is 510 g/mol. The van der Waals surface area contributed by atoms with E-state index in [0.29, 0.717) is 12.0 Å². The number of likely N-dealkylation sites (tertiary alicyclic amines) is 1. The van der Waals surface area contributed by atoms with Gasteiger partial charge < -0.3 is 20.3 Å². The molecule has 1 unspecified atom stereocenters. The van der Waals surface area contributed by atoms with Gasteiger partial charge in [0.05, 0.1) is 13.2 Å². The molecule has 2 N–H and O–H groups in total. The van der Waals surface area contributed by atoms with Crippen LogP contribution in [0, 0.1) is 5.92 Å². The minimum atomic E-state index is 0. The van der Waals surface area contributed by atoms with Crippen LogP contribution in [0.25, 0.3) is 0 Å². The average Bonchev–Trinajstić information content (AvgIpc) is 3.23. The molecule has 0 aromatic heterocycles. The summed E-state index contributed by atoms with van der Waals surface area (Å²) < 4.78 is 5.55. The summed E-state index contributed by atoms with van der Waals surface area (Å²) >= 11 is 0. The third-order valence-electron chi connectivity index (χ3n) is 6.20. The van der Waals surface area contributed by atoms with Gasteiger partial charge in [-0.1, -0.05) is 26.7 Å². The summed E-state index contributed by atoms with van der Waals surface area (Å²) in [6.45, 7) is 14.3. The molecular weight excluding hydrogens is 465 g/mol. The molecule has 7 heteroatoms. The van der Waals surface area contributed by atoms with Crippen LogP contribution >= 0.6 is 24.0 Å². The van der Waals surface area contributed by atoms with Crippen LogP contribution in [-0.4, -0.2) is 87.9 Å². The highest BCUT2D eigenvalue weighted by Crippen LogP contribution is 2.19. The summed E-state index contributed by atoms with van der Waals surface area (Å²) in [6.07, 6.45) is 7.70. The van der Waals surface area contributed by atoms with Gasteiger partial charge in [-0.15, -0.1) is 24.0 Å². The topological polar surface area (TPSA) is 52.1 Å². The number of guanidine groups is 1. The lowest BCUT2D eigenvalue weighted by Crippen LogP contribution is -2.53. The van der Waals surface area contributed by atoms with Crippen molar-refractivity contribution in [3.05, 3.63) is 0 Å². The molecule has 2 rings (SSSR count). The molecule has 166 valence electrons. The van der Waals surface area contributed by atoms with E-state index in [1.165, 1.54) is 58.2 Å². The van der Waals surface area contributed by atoms with Gasteiger partial charge in [-0.05, 0) is 51.2 Å². The molecule has 6 nitrogen and oxygen atoms in total. The normalized spacial score (nSPS) is 20.2. The first kappa shape index (κ1) is 25.9. The van der Waals surface area contributed by atoms with Crippen molar-refractivity contribution < 1.29 is 4.74 Å². The zero-order valence-electron chi connectivity index (χ0n) is 18.4. The van der Waals surface area contributed by atoms with Crippen molar-refractivity contribution >= 4 is 29.9 Å².